The molecular formula is C16H17N7OS. The Bertz CT molecular complexity index is 853. The molecule has 4 rings (SSSR count). The van der Waals surface area contributed by atoms with Crippen molar-refractivity contribution >= 4 is 17.5 Å². The number of hydrogen-bond donors (Lipinski definition) is 2. The van der Waals surface area contributed by atoms with E-state index >= 15 is 0 Å². The molecule has 3 heterocycles. The number of aromatic hydroxyl groups is 1. The molecule has 2 aromatic heterocycles. The summed E-state index contributed by atoms with van der Waals surface area (Å²) in [7, 11) is 1.96. The van der Waals surface area contributed by atoms with Crippen LogP contribution in [0.5, 0.6) is 5.75 Å². The SMILES string of the molecule is CNC1CCN(c2ncc(-c3ccc(-c4ncns4)cc3O)nn2)C1. The highest BCUT2D eigenvalue weighted by molar-refractivity contribution is 7.09. The first-order chi connectivity index (χ1) is 12.2. The Balaban J connectivity index is 1.56. The molecule has 1 fully saturated rings. The summed E-state index contributed by atoms with van der Waals surface area (Å²) in [6, 6.07) is 5.79. The van der Waals surface area contributed by atoms with Gasteiger partial charge in [0.15, 0.2) is 0 Å². The first kappa shape index (κ1) is 15.9. The van der Waals surface area contributed by atoms with Crippen LogP contribution in [0.1, 0.15) is 6.42 Å². The summed E-state index contributed by atoms with van der Waals surface area (Å²) in [5.74, 6) is 0.736. The molecule has 2 N–H and O–H groups in total. The van der Waals surface area contributed by atoms with Crippen LogP contribution in [0.25, 0.3) is 21.8 Å². The molecule has 1 aromatic carbocycles. The van der Waals surface area contributed by atoms with Crippen LogP contribution in [0.15, 0.2) is 30.7 Å². The second kappa shape index (κ2) is 6.69. The number of rotatable bonds is 4. The highest BCUT2D eigenvalue weighted by Crippen LogP contribution is 2.32. The molecule has 0 saturated carbocycles. The van der Waals surface area contributed by atoms with Crippen LogP contribution >= 0.6 is 11.5 Å². The summed E-state index contributed by atoms with van der Waals surface area (Å²) in [4.78, 5) is 10.7. The van der Waals surface area contributed by atoms with E-state index < -0.39 is 0 Å². The number of hydrogen-bond acceptors (Lipinski definition) is 9. The lowest BCUT2D eigenvalue weighted by Gasteiger charge is -2.15. The van der Waals surface area contributed by atoms with Crippen molar-refractivity contribution in [1.29, 1.82) is 0 Å². The maximum absolute atomic E-state index is 10.3. The van der Waals surface area contributed by atoms with Gasteiger partial charge in [-0.15, -0.1) is 10.2 Å². The summed E-state index contributed by atoms with van der Waals surface area (Å²) >= 11 is 1.28. The normalized spacial score (nSPS) is 17.2. The maximum Gasteiger partial charge on any atom is 0.245 e. The van der Waals surface area contributed by atoms with Gasteiger partial charge >= 0.3 is 0 Å². The van der Waals surface area contributed by atoms with E-state index in [1.54, 1.807) is 18.3 Å². The average Bonchev–Trinajstić information content (AvgIpc) is 3.34. The minimum Gasteiger partial charge on any atom is -0.507 e. The fourth-order valence-electron chi connectivity index (χ4n) is 2.90. The van der Waals surface area contributed by atoms with E-state index in [4.69, 9.17) is 0 Å². The molecule has 1 saturated heterocycles. The van der Waals surface area contributed by atoms with Crippen LogP contribution in [0.2, 0.25) is 0 Å². The summed E-state index contributed by atoms with van der Waals surface area (Å²) in [6.07, 6.45) is 4.21. The molecular weight excluding hydrogens is 338 g/mol. The Hall–Kier alpha value is -2.65. The van der Waals surface area contributed by atoms with Gasteiger partial charge < -0.3 is 15.3 Å². The topological polar surface area (TPSA) is 100.0 Å². The van der Waals surface area contributed by atoms with Gasteiger partial charge in [-0.2, -0.15) is 4.37 Å². The molecule has 1 aliphatic heterocycles. The number of benzene rings is 1. The maximum atomic E-state index is 10.3. The minimum absolute atomic E-state index is 0.118. The van der Waals surface area contributed by atoms with Gasteiger partial charge in [0.1, 0.15) is 22.8 Å². The summed E-state index contributed by atoms with van der Waals surface area (Å²) in [5.41, 5.74) is 1.94. The Morgan fingerprint density at radius 2 is 2.20 bits per heavy atom. The monoisotopic (exact) mass is 355 g/mol. The van der Waals surface area contributed by atoms with Crippen molar-refractivity contribution in [2.75, 3.05) is 25.0 Å². The van der Waals surface area contributed by atoms with Crippen LogP contribution in [-0.2, 0) is 0 Å². The van der Waals surface area contributed by atoms with E-state index in [1.807, 2.05) is 13.1 Å². The van der Waals surface area contributed by atoms with Crippen LogP contribution in [0.4, 0.5) is 5.95 Å². The second-order valence-electron chi connectivity index (χ2n) is 5.84. The van der Waals surface area contributed by atoms with E-state index in [-0.39, 0.29) is 5.75 Å². The molecule has 0 bridgehead atoms. The molecule has 0 amide bonds. The molecule has 9 heteroatoms. The number of likely N-dealkylation sites (N-methyl/N-ethyl adjacent to an activating group) is 1. The van der Waals surface area contributed by atoms with Gasteiger partial charge in [0.2, 0.25) is 5.95 Å². The number of aromatic nitrogens is 5. The Labute approximate surface area is 148 Å². The summed E-state index contributed by atoms with van der Waals surface area (Å²) in [5, 5.41) is 22.8. The van der Waals surface area contributed by atoms with E-state index in [1.165, 1.54) is 17.9 Å². The minimum atomic E-state index is 0.118. The lowest BCUT2D eigenvalue weighted by molar-refractivity contribution is 0.477. The standard InChI is InChI=1S/C16H17N7OS/c1-17-11-4-5-23(8-11)16-18-7-13(21-22-16)12-3-2-10(6-14(12)24)15-19-9-20-25-15/h2-3,6-7,9,11,17,24H,4-5,8H2,1H3. The Morgan fingerprint density at radius 3 is 2.84 bits per heavy atom. The number of anilines is 1. The van der Waals surface area contributed by atoms with Crippen molar-refractivity contribution in [3.05, 3.63) is 30.7 Å². The van der Waals surface area contributed by atoms with Crippen LogP contribution in [0, 0.1) is 0 Å². The Kier molecular flexibility index (Phi) is 4.24. The van der Waals surface area contributed by atoms with Crippen molar-refractivity contribution in [1.82, 2.24) is 29.9 Å². The lowest BCUT2D eigenvalue weighted by Crippen LogP contribution is -2.30. The van der Waals surface area contributed by atoms with Crippen molar-refractivity contribution in [3.63, 3.8) is 0 Å². The van der Waals surface area contributed by atoms with E-state index in [0.717, 1.165) is 30.1 Å². The smallest absolute Gasteiger partial charge is 0.245 e. The zero-order chi connectivity index (χ0) is 17.2. The van der Waals surface area contributed by atoms with Crippen molar-refractivity contribution < 1.29 is 5.11 Å². The molecule has 1 aliphatic rings. The predicted octanol–water partition coefficient (Wildman–Crippen LogP) is 1.56. The molecule has 0 radical (unpaired) electrons. The van der Waals surface area contributed by atoms with E-state index in [0.29, 0.717) is 23.2 Å². The number of phenols is 1. The quantitative estimate of drug-likeness (QED) is 0.727. The van der Waals surface area contributed by atoms with Gasteiger partial charge in [-0.3, -0.25) is 0 Å². The molecule has 3 aromatic rings. The summed E-state index contributed by atoms with van der Waals surface area (Å²) in [6.45, 7) is 1.79. The molecule has 8 nitrogen and oxygen atoms in total. The molecule has 0 spiro atoms. The van der Waals surface area contributed by atoms with Gasteiger partial charge in [-0.05, 0) is 37.1 Å². The first-order valence-electron chi connectivity index (χ1n) is 7.97. The number of nitrogens with zero attached hydrogens (tertiary/aromatic N) is 6. The fraction of sp³-hybridized carbons (Fsp3) is 0.312. The number of nitrogens with one attached hydrogen (secondary N) is 1. The van der Waals surface area contributed by atoms with E-state index in [2.05, 4.69) is 34.8 Å². The van der Waals surface area contributed by atoms with E-state index in [9.17, 15) is 5.11 Å². The van der Waals surface area contributed by atoms with Gasteiger partial charge in [-0.25, -0.2) is 9.97 Å². The van der Waals surface area contributed by atoms with Gasteiger partial charge in [0.25, 0.3) is 0 Å². The third-order valence-electron chi connectivity index (χ3n) is 4.31. The lowest BCUT2D eigenvalue weighted by atomic mass is 10.1. The molecule has 25 heavy (non-hydrogen) atoms. The largest absolute Gasteiger partial charge is 0.507 e. The molecule has 1 atom stereocenters. The third kappa shape index (κ3) is 3.15. The van der Waals surface area contributed by atoms with Gasteiger partial charge in [0, 0.05) is 30.3 Å². The van der Waals surface area contributed by atoms with Crippen molar-refractivity contribution in [2.45, 2.75) is 12.5 Å². The molecule has 128 valence electrons. The van der Waals surface area contributed by atoms with Crippen LogP contribution in [0.3, 0.4) is 0 Å². The summed E-state index contributed by atoms with van der Waals surface area (Å²) < 4.78 is 3.98. The van der Waals surface area contributed by atoms with Crippen molar-refractivity contribution in [2.24, 2.45) is 0 Å². The van der Waals surface area contributed by atoms with Crippen LogP contribution in [-0.4, -0.2) is 55.8 Å². The van der Waals surface area contributed by atoms with Gasteiger partial charge in [-0.1, -0.05) is 6.07 Å². The number of phenolic OH excluding ortho intramolecular Hbond substituents is 1. The Morgan fingerprint density at radius 1 is 1.28 bits per heavy atom. The average molecular weight is 355 g/mol. The third-order valence-corrected chi connectivity index (χ3v) is 5.02. The van der Waals surface area contributed by atoms with Gasteiger partial charge in [0.05, 0.1) is 6.20 Å². The van der Waals surface area contributed by atoms with Crippen LogP contribution < -0.4 is 10.2 Å². The first-order valence-corrected chi connectivity index (χ1v) is 8.74. The fourth-order valence-corrected chi connectivity index (χ4v) is 3.42. The van der Waals surface area contributed by atoms with Crippen molar-refractivity contribution in [3.8, 4) is 27.6 Å². The highest BCUT2D eigenvalue weighted by atomic mass is 32.1. The molecule has 0 aliphatic carbocycles. The second-order valence-corrected chi connectivity index (χ2v) is 6.62. The zero-order valence-electron chi connectivity index (χ0n) is 13.6. The zero-order valence-corrected chi connectivity index (χ0v) is 14.4. The predicted molar refractivity (Wildman–Crippen MR) is 95.5 cm³/mol. The molecule has 1 unspecified atom stereocenters. The highest BCUT2D eigenvalue weighted by Gasteiger charge is 2.23.